The third-order valence-electron chi connectivity index (χ3n) is 2.02. The maximum atomic E-state index is 5.72. The predicted molar refractivity (Wildman–Crippen MR) is 60.7 cm³/mol. The topological polar surface area (TPSA) is 43.3 Å². The summed E-state index contributed by atoms with van der Waals surface area (Å²) in [6.07, 6.45) is 1.78. The SMILES string of the molecule is CCO[Si](OCC)(OCC)N1C=NCC1. The van der Waals surface area contributed by atoms with E-state index in [4.69, 9.17) is 13.3 Å². The van der Waals surface area contributed by atoms with Gasteiger partial charge in [0.25, 0.3) is 0 Å². The summed E-state index contributed by atoms with van der Waals surface area (Å²) in [5.74, 6) is 0. The van der Waals surface area contributed by atoms with Crippen LogP contribution in [-0.4, -0.2) is 52.8 Å². The van der Waals surface area contributed by atoms with E-state index in [0.29, 0.717) is 19.8 Å². The van der Waals surface area contributed by atoms with Crippen molar-refractivity contribution in [3.05, 3.63) is 0 Å². The molecule has 88 valence electrons. The zero-order valence-corrected chi connectivity index (χ0v) is 10.7. The lowest BCUT2D eigenvalue weighted by atomic mass is 10.7. The van der Waals surface area contributed by atoms with Gasteiger partial charge in [-0.25, -0.2) is 0 Å². The molecule has 0 fully saturated rings. The van der Waals surface area contributed by atoms with E-state index in [1.54, 1.807) is 6.34 Å². The Morgan fingerprint density at radius 2 is 1.67 bits per heavy atom. The molecule has 0 N–H and O–H groups in total. The van der Waals surface area contributed by atoms with E-state index in [9.17, 15) is 0 Å². The van der Waals surface area contributed by atoms with Crippen molar-refractivity contribution in [1.29, 1.82) is 0 Å². The summed E-state index contributed by atoms with van der Waals surface area (Å²) in [5.41, 5.74) is 0. The van der Waals surface area contributed by atoms with E-state index in [-0.39, 0.29) is 0 Å². The molecule has 0 radical (unpaired) electrons. The number of nitrogens with zero attached hydrogens (tertiary/aromatic N) is 2. The zero-order chi connectivity index (χ0) is 11.1. The molecule has 1 rings (SSSR count). The molecule has 0 unspecified atom stereocenters. The molecule has 0 aliphatic carbocycles. The van der Waals surface area contributed by atoms with Crippen molar-refractivity contribution in [2.75, 3.05) is 32.9 Å². The average molecular weight is 232 g/mol. The summed E-state index contributed by atoms with van der Waals surface area (Å²) in [5, 5.41) is 0. The Hall–Kier alpha value is -0.433. The molecule has 0 aromatic carbocycles. The second kappa shape index (κ2) is 6.22. The third-order valence-corrected chi connectivity index (χ3v) is 5.03. The van der Waals surface area contributed by atoms with Gasteiger partial charge in [0.1, 0.15) is 0 Å². The Labute approximate surface area is 92.5 Å². The fraction of sp³-hybridized carbons (Fsp3) is 0.889. The van der Waals surface area contributed by atoms with Crippen LogP contribution in [0.2, 0.25) is 0 Å². The first-order valence-corrected chi connectivity index (χ1v) is 7.14. The van der Waals surface area contributed by atoms with Crippen LogP contribution < -0.4 is 0 Å². The summed E-state index contributed by atoms with van der Waals surface area (Å²) in [7, 11) is -2.68. The Morgan fingerprint density at radius 3 is 2.00 bits per heavy atom. The largest absolute Gasteiger partial charge is 0.634 e. The summed E-state index contributed by atoms with van der Waals surface area (Å²) >= 11 is 0. The van der Waals surface area contributed by atoms with E-state index >= 15 is 0 Å². The number of hydrogen-bond acceptors (Lipinski definition) is 5. The smallest absolute Gasteiger partial charge is 0.357 e. The minimum atomic E-state index is -2.68. The Kier molecular flexibility index (Phi) is 5.24. The molecule has 0 amide bonds. The Balaban J connectivity index is 2.73. The van der Waals surface area contributed by atoms with Gasteiger partial charge in [-0.15, -0.1) is 0 Å². The van der Waals surface area contributed by atoms with Crippen LogP contribution >= 0.6 is 0 Å². The molecule has 0 atom stereocenters. The van der Waals surface area contributed by atoms with E-state index in [2.05, 4.69) is 4.99 Å². The van der Waals surface area contributed by atoms with Crippen molar-refractivity contribution in [2.24, 2.45) is 4.99 Å². The van der Waals surface area contributed by atoms with Crippen LogP contribution in [0.5, 0.6) is 0 Å². The van der Waals surface area contributed by atoms with E-state index < -0.39 is 8.97 Å². The molecule has 1 heterocycles. The first-order chi connectivity index (χ1) is 7.29. The highest BCUT2D eigenvalue weighted by molar-refractivity contribution is 6.59. The fourth-order valence-electron chi connectivity index (χ4n) is 1.51. The van der Waals surface area contributed by atoms with Gasteiger partial charge in [-0.1, -0.05) is 0 Å². The predicted octanol–water partition coefficient (Wildman–Crippen LogP) is 0.875. The first kappa shape index (κ1) is 12.6. The van der Waals surface area contributed by atoms with Crippen molar-refractivity contribution in [3.8, 4) is 0 Å². The molecule has 5 nitrogen and oxygen atoms in total. The van der Waals surface area contributed by atoms with Crippen molar-refractivity contribution in [2.45, 2.75) is 20.8 Å². The summed E-state index contributed by atoms with van der Waals surface area (Å²) in [6.45, 7) is 9.25. The molecule has 0 bridgehead atoms. The van der Waals surface area contributed by atoms with Gasteiger partial charge in [-0.05, 0) is 20.8 Å². The standard InChI is InChI=1S/C9H20N2O3Si/c1-4-12-15(13-5-2,14-6-3)11-8-7-10-9-11/h9H,4-8H2,1-3H3. The van der Waals surface area contributed by atoms with E-state index in [0.717, 1.165) is 13.1 Å². The molecular weight excluding hydrogens is 212 g/mol. The number of aliphatic imine (C=N–C) groups is 1. The molecule has 0 saturated carbocycles. The van der Waals surface area contributed by atoms with Gasteiger partial charge >= 0.3 is 8.97 Å². The minimum Gasteiger partial charge on any atom is -0.357 e. The maximum Gasteiger partial charge on any atom is 0.634 e. The highest BCUT2D eigenvalue weighted by Crippen LogP contribution is 2.16. The lowest BCUT2D eigenvalue weighted by molar-refractivity contribution is 0.0377. The Morgan fingerprint density at radius 1 is 1.13 bits per heavy atom. The van der Waals surface area contributed by atoms with Crippen molar-refractivity contribution >= 4 is 15.3 Å². The van der Waals surface area contributed by atoms with Gasteiger partial charge in [0, 0.05) is 26.4 Å². The summed E-state index contributed by atoms with van der Waals surface area (Å²) in [4.78, 5) is 4.17. The van der Waals surface area contributed by atoms with Gasteiger partial charge < -0.3 is 17.8 Å². The van der Waals surface area contributed by atoms with Crippen LogP contribution in [0.4, 0.5) is 0 Å². The quantitative estimate of drug-likeness (QED) is 0.611. The van der Waals surface area contributed by atoms with Gasteiger partial charge in [0.05, 0.1) is 12.9 Å². The molecule has 15 heavy (non-hydrogen) atoms. The zero-order valence-electron chi connectivity index (χ0n) is 9.73. The molecule has 6 heteroatoms. The van der Waals surface area contributed by atoms with Crippen LogP contribution in [0.15, 0.2) is 4.99 Å². The Bertz CT molecular complexity index is 197. The average Bonchev–Trinajstić information content (AvgIpc) is 2.72. The molecular formula is C9H20N2O3Si. The first-order valence-electron chi connectivity index (χ1n) is 5.47. The minimum absolute atomic E-state index is 0.594. The molecule has 0 saturated heterocycles. The van der Waals surface area contributed by atoms with Crippen LogP contribution in [0.25, 0.3) is 0 Å². The van der Waals surface area contributed by atoms with Gasteiger partial charge in [0.15, 0.2) is 0 Å². The lowest BCUT2D eigenvalue weighted by Gasteiger charge is -2.33. The number of hydrogen-bond donors (Lipinski definition) is 0. The molecule has 0 spiro atoms. The lowest BCUT2D eigenvalue weighted by Crippen LogP contribution is -2.60. The van der Waals surface area contributed by atoms with Gasteiger partial charge in [0.2, 0.25) is 0 Å². The van der Waals surface area contributed by atoms with Crippen molar-refractivity contribution < 1.29 is 13.3 Å². The van der Waals surface area contributed by atoms with Crippen molar-refractivity contribution in [3.63, 3.8) is 0 Å². The van der Waals surface area contributed by atoms with Crippen LogP contribution in [0, 0.1) is 0 Å². The fourth-order valence-corrected chi connectivity index (χ4v) is 3.95. The van der Waals surface area contributed by atoms with Crippen LogP contribution in [0.1, 0.15) is 20.8 Å². The molecule has 1 aliphatic heterocycles. The third kappa shape index (κ3) is 3.01. The number of rotatable bonds is 7. The summed E-state index contributed by atoms with van der Waals surface area (Å²) < 4.78 is 19.2. The highest BCUT2D eigenvalue weighted by atomic mass is 28.4. The van der Waals surface area contributed by atoms with Crippen molar-refractivity contribution in [1.82, 2.24) is 4.57 Å². The highest BCUT2D eigenvalue weighted by Gasteiger charge is 2.48. The monoisotopic (exact) mass is 232 g/mol. The van der Waals surface area contributed by atoms with E-state index in [1.165, 1.54) is 0 Å². The molecule has 0 aromatic rings. The normalized spacial score (nSPS) is 16.3. The second-order valence-corrected chi connectivity index (χ2v) is 5.53. The molecule has 0 aromatic heterocycles. The van der Waals surface area contributed by atoms with Crippen LogP contribution in [0.3, 0.4) is 0 Å². The second-order valence-electron chi connectivity index (χ2n) is 3.04. The van der Waals surface area contributed by atoms with Gasteiger partial charge in [-0.3, -0.25) is 4.99 Å². The van der Waals surface area contributed by atoms with E-state index in [1.807, 2.05) is 25.3 Å². The van der Waals surface area contributed by atoms with Crippen LogP contribution in [-0.2, 0) is 13.3 Å². The van der Waals surface area contributed by atoms with Gasteiger partial charge in [-0.2, -0.15) is 0 Å². The molecule has 1 aliphatic rings. The summed E-state index contributed by atoms with van der Waals surface area (Å²) in [6, 6.07) is 0. The maximum absolute atomic E-state index is 5.72.